The van der Waals surface area contributed by atoms with Gasteiger partial charge in [0.1, 0.15) is 0 Å². The van der Waals surface area contributed by atoms with E-state index in [4.69, 9.17) is 0 Å². The second-order valence-electron chi connectivity index (χ2n) is 7.62. The SMILES string of the molecule is C/C=C\CC.C=C(C/C=C(\C)O)N1C(=O)CC(=Nc2cccc(C(F)(F)F)c2)c2ccccc21.CC. The number of para-hydroxylation sites is 1. The van der Waals surface area contributed by atoms with Gasteiger partial charge in [-0.1, -0.05) is 63.8 Å². The Morgan fingerprint density at radius 3 is 2.39 bits per heavy atom. The summed E-state index contributed by atoms with van der Waals surface area (Å²) in [6, 6.07) is 11.7. The fraction of sp³-hybridized carbons (Fsp3) is 0.310. The minimum Gasteiger partial charge on any atom is -0.513 e. The van der Waals surface area contributed by atoms with E-state index in [1.807, 2.05) is 20.8 Å². The molecule has 0 atom stereocenters. The highest BCUT2D eigenvalue weighted by Crippen LogP contribution is 2.35. The number of carbonyl (C=O) groups excluding carboxylic acids is 1. The van der Waals surface area contributed by atoms with Gasteiger partial charge in [0.05, 0.1) is 34.8 Å². The summed E-state index contributed by atoms with van der Waals surface area (Å²) in [5.41, 5.74) is 1.41. The summed E-state index contributed by atoms with van der Waals surface area (Å²) < 4.78 is 38.9. The normalized spacial score (nSPS) is 14.6. The molecular weight excluding hydrogens is 465 g/mol. The monoisotopic (exact) mass is 500 g/mol. The van der Waals surface area contributed by atoms with E-state index >= 15 is 0 Å². The molecule has 3 rings (SSSR count). The molecule has 4 nitrogen and oxygen atoms in total. The largest absolute Gasteiger partial charge is 0.513 e. The van der Waals surface area contributed by atoms with Crippen LogP contribution in [0.2, 0.25) is 0 Å². The van der Waals surface area contributed by atoms with E-state index in [1.54, 1.807) is 30.3 Å². The molecule has 2 aromatic rings. The van der Waals surface area contributed by atoms with Crippen molar-refractivity contribution in [1.29, 1.82) is 0 Å². The van der Waals surface area contributed by atoms with Crippen molar-refractivity contribution in [2.24, 2.45) is 4.99 Å². The van der Waals surface area contributed by atoms with Gasteiger partial charge in [0.2, 0.25) is 5.91 Å². The van der Waals surface area contributed by atoms with E-state index in [-0.39, 0.29) is 30.2 Å². The van der Waals surface area contributed by atoms with Gasteiger partial charge >= 0.3 is 6.18 Å². The Kier molecular flexibility index (Phi) is 12.4. The molecule has 36 heavy (non-hydrogen) atoms. The van der Waals surface area contributed by atoms with Gasteiger partial charge < -0.3 is 5.11 Å². The average molecular weight is 501 g/mol. The predicted octanol–water partition coefficient (Wildman–Crippen LogP) is 8.93. The second-order valence-corrected chi connectivity index (χ2v) is 7.62. The lowest BCUT2D eigenvalue weighted by Crippen LogP contribution is -2.36. The minimum absolute atomic E-state index is 0.0753. The number of hydrogen-bond donors (Lipinski definition) is 1. The first-order valence-corrected chi connectivity index (χ1v) is 11.9. The van der Waals surface area contributed by atoms with Gasteiger partial charge in [0, 0.05) is 17.7 Å². The first-order valence-electron chi connectivity index (χ1n) is 11.9. The summed E-state index contributed by atoms with van der Waals surface area (Å²) in [6.45, 7) is 13.6. The number of alkyl halides is 3. The van der Waals surface area contributed by atoms with Crippen LogP contribution in [0.5, 0.6) is 0 Å². The molecule has 1 aliphatic heterocycles. The number of fused-ring (bicyclic) bond motifs is 1. The quantitative estimate of drug-likeness (QED) is 0.329. The number of anilines is 1. The molecule has 2 aromatic carbocycles. The lowest BCUT2D eigenvalue weighted by molar-refractivity contribution is -0.137. The molecule has 194 valence electrons. The summed E-state index contributed by atoms with van der Waals surface area (Å²) in [5.74, 6) is -0.167. The summed E-state index contributed by atoms with van der Waals surface area (Å²) >= 11 is 0. The molecule has 1 N–H and O–H groups in total. The zero-order valence-electron chi connectivity index (χ0n) is 21.6. The van der Waals surface area contributed by atoms with Gasteiger partial charge in [-0.15, -0.1) is 0 Å². The van der Waals surface area contributed by atoms with Crippen molar-refractivity contribution in [2.45, 2.75) is 60.1 Å². The van der Waals surface area contributed by atoms with Crippen LogP contribution in [-0.2, 0) is 11.0 Å². The van der Waals surface area contributed by atoms with Crippen molar-refractivity contribution in [3.05, 3.63) is 95.9 Å². The van der Waals surface area contributed by atoms with Crippen molar-refractivity contribution >= 4 is 23.0 Å². The Balaban J connectivity index is 0.000000826. The molecule has 1 amide bonds. The van der Waals surface area contributed by atoms with Crippen LogP contribution in [0.25, 0.3) is 0 Å². The topological polar surface area (TPSA) is 52.9 Å². The van der Waals surface area contributed by atoms with Crippen LogP contribution in [0.4, 0.5) is 24.5 Å². The Bertz CT molecular complexity index is 1110. The van der Waals surface area contributed by atoms with Crippen molar-refractivity contribution in [2.75, 3.05) is 4.90 Å². The first-order chi connectivity index (χ1) is 17.1. The number of benzene rings is 2. The smallest absolute Gasteiger partial charge is 0.416 e. The van der Waals surface area contributed by atoms with E-state index in [0.29, 0.717) is 22.7 Å². The second kappa shape index (κ2) is 14.7. The number of amides is 1. The summed E-state index contributed by atoms with van der Waals surface area (Å²) in [7, 11) is 0. The number of aliphatic hydroxyl groups is 1. The van der Waals surface area contributed by atoms with Crippen LogP contribution in [0.1, 0.15) is 65.0 Å². The number of carbonyl (C=O) groups is 1. The lowest BCUT2D eigenvalue weighted by atomic mass is 9.97. The maximum atomic E-state index is 13.0. The van der Waals surface area contributed by atoms with Crippen LogP contribution in [0, 0.1) is 0 Å². The molecule has 0 bridgehead atoms. The zero-order valence-corrected chi connectivity index (χ0v) is 21.6. The fourth-order valence-electron chi connectivity index (χ4n) is 3.31. The van der Waals surface area contributed by atoms with Gasteiger partial charge in [0.15, 0.2) is 0 Å². The molecule has 0 spiro atoms. The highest BCUT2D eigenvalue weighted by atomic mass is 19.4. The molecule has 1 aliphatic rings. The van der Waals surface area contributed by atoms with Gasteiger partial charge in [0.25, 0.3) is 0 Å². The molecule has 7 heteroatoms. The van der Waals surface area contributed by atoms with Crippen molar-refractivity contribution < 1.29 is 23.1 Å². The van der Waals surface area contributed by atoms with Gasteiger partial charge in [-0.25, -0.2) is 0 Å². The maximum Gasteiger partial charge on any atom is 0.416 e. The van der Waals surface area contributed by atoms with Crippen LogP contribution >= 0.6 is 0 Å². The summed E-state index contributed by atoms with van der Waals surface area (Å²) in [6.07, 6.45) is 2.63. The van der Waals surface area contributed by atoms with E-state index in [0.717, 1.165) is 18.6 Å². The van der Waals surface area contributed by atoms with Gasteiger partial charge in [-0.2, -0.15) is 13.2 Å². The lowest BCUT2D eigenvalue weighted by Gasteiger charge is -2.31. The molecular formula is C29H35F3N2O2. The van der Waals surface area contributed by atoms with Crippen molar-refractivity contribution in [1.82, 2.24) is 0 Å². The third-order valence-corrected chi connectivity index (χ3v) is 4.88. The molecule has 0 fully saturated rings. The molecule has 0 unspecified atom stereocenters. The predicted molar refractivity (Wildman–Crippen MR) is 143 cm³/mol. The van der Waals surface area contributed by atoms with Crippen LogP contribution in [0.15, 0.2) is 89.8 Å². The average Bonchev–Trinajstić information content (AvgIpc) is 2.84. The van der Waals surface area contributed by atoms with Crippen LogP contribution < -0.4 is 4.90 Å². The third kappa shape index (κ3) is 8.87. The molecule has 1 heterocycles. The van der Waals surface area contributed by atoms with Gasteiger partial charge in [-0.3, -0.25) is 14.7 Å². The molecule has 0 aromatic heterocycles. The summed E-state index contributed by atoms with van der Waals surface area (Å²) in [5, 5.41) is 9.36. The number of hydrogen-bond acceptors (Lipinski definition) is 3. The molecule has 0 saturated carbocycles. The van der Waals surface area contributed by atoms with E-state index in [9.17, 15) is 23.1 Å². The number of nitrogens with zero attached hydrogens (tertiary/aromatic N) is 2. The van der Waals surface area contributed by atoms with E-state index in [1.165, 1.54) is 24.0 Å². The Labute approximate surface area is 212 Å². The highest BCUT2D eigenvalue weighted by molar-refractivity contribution is 6.23. The maximum absolute atomic E-state index is 13.0. The standard InChI is InChI=1S/C22H19F3N2O2.C5H10.C2H6/c1-14(10-11-15(2)28)27-20-9-4-3-8-18(20)19(13-21(27)29)26-17-7-5-6-16(12-17)22(23,24)25;1-3-5-4-2;1-2/h3-9,11-12,28H,1,10,13H2,2H3;3,5H,4H2,1-2H3;1-2H3/b15-11+,26-19?;5-3-;. The number of allylic oxidation sites excluding steroid dienone is 4. The highest BCUT2D eigenvalue weighted by Gasteiger charge is 2.32. The van der Waals surface area contributed by atoms with Crippen LogP contribution in [0.3, 0.4) is 0 Å². The number of aliphatic imine (C=N–C) groups is 1. The Morgan fingerprint density at radius 1 is 1.17 bits per heavy atom. The fourth-order valence-corrected chi connectivity index (χ4v) is 3.31. The van der Waals surface area contributed by atoms with Crippen LogP contribution in [-0.4, -0.2) is 16.7 Å². The Hall–Kier alpha value is -3.61. The van der Waals surface area contributed by atoms with E-state index in [2.05, 4.69) is 30.6 Å². The third-order valence-electron chi connectivity index (χ3n) is 4.88. The van der Waals surface area contributed by atoms with E-state index < -0.39 is 11.7 Å². The van der Waals surface area contributed by atoms with Crippen molar-refractivity contribution in [3.63, 3.8) is 0 Å². The zero-order chi connectivity index (χ0) is 27.3. The van der Waals surface area contributed by atoms with Gasteiger partial charge in [-0.05, 0) is 50.6 Å². The number of halogens is 3. The number of aliphatic hydroxyl groups excluding tert-OH is 1. The molecule has 0 aliphatic carbocycles. The first kappa shape index (κ1) is 30.4. The van der Waals surface area contributed by atoms with Crippen molar-refractivity contribution in [3.8, 4) is 0 Å². The molecule has 0 saturated heterocycles. The minimum atomic E-state index is -4.47. The Morgan fingerprint density at radius 2 is 1.83 bits per heavy atom. The molecule has 0 radical (unpaired) electrons. The summed E-state index contributed by atoms with van der Waals surface area (Å²) in [4.78, 5) is 18.6. The number of rotatable bonds is 5.